The highest BCUT2D eigenvalue weighted by Gasteiger charge is 2.45. The van der Waals surface area contributed by atoms with E-state index < -0.39 is 15.8 Å². The van der Waals surface area contributed by atoms with Crippen molar-refractivity contribution in [2.45, 2.75) is 38.7 Å². The van der Waals surface area contributed by atoms with Gasteiger partial charge in [0.2, 0.25) is 5.60 Å². The summed E-state index contributed by atoms with van der Waals surface area (Å²) < 4.78 is 28.1. The molecule has 0 aromatic rings. The number of oxime groups is 1. The van der Waals surface area contributed by atoms with Crippen molar-refractivity contribution in [3.8, 4) is 0 Å². The van der Waals surface area contributed by atoms with Gasteiger partial charge in [-0.15, -0.1) is 0 Å². The van der Waals surface area contributed by atoms with Crippen LogP contribution in [-0.2, 0) is 19.8 Å². The van der Waals surface area contributed by atoms with Crippen LogP contribution in [0.5, 0.6) is 0 Å². The number of hydrogen-bond acceptors (Lipinski definition) is 5. The Morgan fingerprint density at radius 2 is 1.65 bits per heavy atom. The molecular formula is C14H24N4O4S. The first-order valence-corrected chi connectivity index (χ1v) is 9.49. The summed E-state index contributed by atoms with van der Waals surface area (Å²) >= 11 is 0. The largest absolute Gasteiger partial charge is 0.379 e. The molecule has 0 N–H and O–H groups in total. The number of piperazine rings is 1. The number of carbonyl (C=O) groups is 1. The van der Waals surface area contributed by atoms with Gasteiger partial charge in [-0.25, -0.2) is 0 Å². The van der Waals surface area contributed by atoms with Crippen LogP contribution in [0.2, 0.25) is 0 Å². The van der Waals surface area contributed by atoms with E-state index in [-0.39, 0.29) is 5.91 Å². The second-order valence-corrected chi connectivity index (χ2v) is 8.56. The normalized spacial score (nSPS) is 30.3. The van der Waals surface area contributed by atoms with Crippen molar-refractivity contribution < 1.29 is 18.0 Å². The smallest absolute Gasteiger partial charge is 0.282 e. The standard InChI is InChI=1S/C14H24N4O4S/c1-12-11-14(2,22-15-12)13(19)16-7-9-18(10-8-16)23(20,21)17-5-3-4-6-17/h3-11H2,1-2H3. The van der Waals surface area contributed by atoms with Gasteiger partial charge >= 0.3 is 0 Å². The monoisotopic (exact) mass is 344 g/mol. The maximum atomic E-state index is 12.6. The minimum absolute atomic E-state index is 0.115. The molecule has 3 aliphatic rings. The summed E-state index contributed by atoms with van der Waals surface area (Å²) in [6.45, 7) is 6.23. The van der Waals surface area contributed by atoms with E-state index in [0.29, 0.717) is 45.7 Å². The van der Waals surface area contributed by atoms with Crippen molar-refractivity contribution in [1.29, 1.82) is 0 Å². The molecule has 23 heavy (non-hydrogen) atoms. The molecule has 0 saturated carbocycles. The second-order valence-electron chi connectivity index (χ2n) is 6.63. The van der Waals surface area contributed by atoms with Gasteiger partial charge in [0.25, 0.3) is 16.1 Å². The Morgan fingerprint density at radius 3 is 2.17 bits per heavy atom. The zero-order valence-corrected chi connectivity index (χ0v) is 14.5. The van der Waals surface area contributed by atoms with Crippen LogP contribution in [-0.4, -0.2) is 78.4 Å². The number of amides is 1. The predicted molar refractivity (Wildman–Crippen MR) is 85.1 cm³/mol. The van der Waals surface area contributed by atoms with Crippen molar-refractivity contribution in [2.24, 2.45) is 5.16 Å². The van der Waals surface area contributed by atoms with E-state index in [9.17, 15) is 13.2 Å². The van der Waals surface area contributed by atoms with E-state index in [2.05, 4.69) is 5.16 Å². The Bertz CT molecular complexity index is 606. The lowest BCUT2D eigenvalue weighted by Gasteiger charge is -2.38. The summed E-state index contributed by atoms with van der Waals surface area (Å²) in [7, 11) is -3.38. The number of carbonyl (C=O) groups excluding carboxylic acids is 1. The molecule has 0 spiro atoms. The van der Waals surface area contributed by atoms with Gasteiger partial charge in [0.15, 0.2) is 0 Å². The van der Waals surface area contributed by atoms with Gasteiger partial charge in [-0.3, -0.25) is 4.79 Å². The molecule has 3 rings (SSSR count). The Labute approximate surface area is 137 Å². The molecule has 8 nitrogen and oxygen atoms in total. The Balaban J connectivity index is 1.59. The molecule has 0 radical (unpaired) electrons. The molecule has 9 heteroatoms. The van der Waals surface area contributed by atoms with Gasteiger partial charge in [-0.05, 0) is 26.7 Å². The molecule has 3 heterocycles. The third kappa shape index (κ3) is 3.09. The highest BCUT2D eigenvalue weighted by molar-refractivity contribution is 7.86. The first-order valence-electron chi connectivity index (χ1n) is 8.09. The third-order valence-electron chi connectivity index (χ3n) is 4.69. The van der Waals surface area contributed by atoms with E-state index in [1.54, 1.807) is 16.1 Å². The molecule has 0 bridgehead atoms. The number of rotatable bonds is 3. The van der Waals surface area contributed by atoms with Crippen molar-refractivity contribution in [3.63, 3.8) is 0 Å². The Morgan fingerprint density at radius 1 is 1.09 bits per heavy atom. The average molecular weight is 344 g/mol. The zero-order valence-electron chi connectivity index (χ0n) is 13.7. The summed E-state index contributed by atoms with van der Waals surface area (Å²) in [5, 5.41) is 3.87. The third-order valence-corrected chi connectivity index (χ3v) is 6.73. The first kappa shape index (κ1) is 16.7. The van der Waals surface area contributed by atoms with Crippen LogP contribution < -0.4 is 0 Å². The predicted octanol–water partition coefficient (Wildman–Crippen LogP) is 0.0261. The van der Waals surface area contributed by atoms with E-state index in [1.807, 2.05) is 6.92 Å². The van der Waals surface area contributed by atoms with Crippen LogP contribution in [0, 0.1) is 0 Å². The highest BCUT2D eigenvalue weighted by atomic mass is 32.2. The lowest BCUT2D eigenvalue weighted by Crippen LogP contribution is -2.57. The quantitative estimate of drug-likeness (QED) is 0.723. The molecule has 2 saturated heterocycles. The molecule has 3 aliphatic heterocycles. The summed E-state index contributed by atoms with van der Waals surface area (Å²) in [4.78, 5) is 19.6. The molecule has 1 amide bonds. The fourth-order valence-electron chi connectivity index (χ4n) is 3.38. The minimum Gasteiger partial charge on any atom is -0.379 e. The molecule has 130 valence electrons. The fraction of sp³-hybridized carbons (Fsp3) is 0.857. The maximum absolute atomic E-state index is 12.6. The van der Waals surface area contributed by atoms with Gasteiger partial charge in [-0.1, -0.05) is 5.16 Å². The number of nitrogens with zero attached hydrogens (tertiary/aromatic N) is 4. The van der Waals surface area contributed by atoms with Crippen LogP contribution in [0.25, 0.3) is 0 Å². The van der Waals surface area contributed by atoms with Crippen molar-refractivity contribution in [3.05, 3.63) is 0 Å². The summed E-state index contributed by atoms with van der Waals surface area (Å²) in [6.07, 6.45) is 2.33. The van der Waals surface area contributed by atoms with Crippen LogP contribution in [0.1, 0.15) is 33.1 Å². The highest BCUT2D eigenvalue weighted by Crippen LogP contribution is 2.27. The Kier molecular flexibility index (Phi) is 4.37. The molecule has 0 aromatic heterocycles. The molecule has 2 fully saturated rings. The van der Waals surface area contributed by atoms with Gasteiger partial charge in [0.05, 0.1) is 5.71 Å². The Hall–Kier alpha value is -1.19. The lowest BCUT2D eigenvalue weighted by molar-refractivity contribution is -0.154. The molecule has 0 aromatic carbocycles. The lowest BCUT2D eigenvalue weighted by atomic mass is 9.98. The minimum atomic E-state index is -3.38. The molecule has 0 aliphatic carbocycles. The van der Waals surface area contributed by atoms with Gasteiger partial charge < -0.3 is 9.74 Å². The maximum Gasteiger partial charge on any atom is 0.282 e. The van der Waals surface area contributed by atoms with Crippen LogP contribution in [0.4, 0.5) is 0 Å². The molecule has 1 unspecified atom stereocenters. The SMILES string of the molecule is CC1=NOC(C)(C(=O)N2CCN(S(=O)(=O)N3CCCC3)CC2)C1. The topological polar surface area (TPSA) is 82.5 Å². The van der Waals surface area contributed by atoms with Gasteiger partial charge in [-0.2, -0.15) is 17.0 Å². The van der Waals surface area contributed by atoms with Crippen LogP contribution in [0.3, 0.4) is 0 Å². The summed E-state index contributed by atoms with van der Waals surface area (Å²) in [5.74, 6) is -0.115. The second kappa shape index (κ2) is 6.03. The number of hydrogen-bond donors (Lipinski definition) is 0. The van der Waals surface area contributed by atoms with Crippen molar-refractivity contribution in [2.75, 3.05) is 39.3 Å². The van der Waals surface area contributed by atoms with Gasteiger partial charge in [0.1, 0.15) is 0 Å². The van der Waals surface area contributed by atoms with E-state index in [0.717, 1.165) is 18.6 Å². The molecular weight excluding hydrogens is 320 g/mol. The zero-order chi connectivity index (χ0) is 16.7. The van der Waals surface area contributed by atoms with Crippen LogP contribution >= 0.6 is 0 Å². The first-order chi connectivity index (χ1) is 10.8. The average Bonchev–Trinajstić information content (AvgIpc) is 3.18. The van der Waals surface area contributed by atoms with E-state index >= 15 is 0 Å². The van der Waals surface area contributed by atoms with E-state index in [1.165, 1.54) is 4.31 Å². The van der Waals surface area contributed by atoms with E-state index in [4.69, 9.17) is 4.84 Å². The summed E-state index contributed by atoms with van der Waals surface area (Å²) in [6, 6.07) is 0. The molecule has 1 atom stereocenters. The summed E-state index contributed by atoms with van der Waals surface area (Å²) in [5.41, 5.74) is -0.142. The van der Waals surface area contributed by atoms with Crippen molar-refractivity contribution >= 4 is 21.8 Å². The van der Waals surface area contributed by atoms with Crippen molar-refractivity contribution in [1.82, 2.24) is 13.5 Å². The fourth-order valence-corrected chi connectivity index (χ4v) is 5.06. The van der Waals surface area contributed by atoms with Crippen LogP contribution in [0.15, 0.2) is 5.16 Å². The van der Waals surface area contributed by atoms with Gasteiger partial charge in [0, 0.05) is 45.7 Å².